The summed E-state index contributed by atoms with van der Waals surface area (Å²) in [5.41, 5.74) is -12.6. The van der Waals surface area contributed by atoms with E-state index in [1.165, 1.54) is 33.4 Å². The molecule has 0 saturated heterocycles. The Morgan fingerprint density at radius 3 is 0.875 bits per heavy atom. The predicted molar refractivity (Wildman–Crippen MR) is 148 cm³/mol. The number of alkyl halides is 27. The van der Waals surface area contributed by atoms with Crippen molar-refractivity contribution in [2.75, 3.05) is 10.2 Å². The predicted octanol–water partition coefficient (Wildman–Crippen LogP) is 10.4. The van der Waals surface area contributed by atoms with Gasteiger partial charge in [0.15, 0.2) is 0 Å². The zero-order chi connectivity index (χ0) is 45.1. The molecule has 0 aromatic heterocycles. The Balaban J connectivity index is -0.000000444. The zero-order valence-corrected chi connectivity index (χ0v) is 33.8. The summed E-state index contributed by atoms with van der Waals surface area (Å²) < 4.78 is 329. The number of halogens is 27. The fourth-order valence-corrected chi connectivity index (χ4v) is 5.27. The van der Waals surface area contributed by atoms with Gasteiger partial charge in [0.2, 0.25) is 0 Å². The van der Waals surface area contributed by atoms with Crippen molar-refractivity contribution in [3.8, 4) is 10.8 Å². The summed E-state index contributed by atoms with van der Waals surface area (Å²) in [6, 6.07) is 0. The number of thioether (sulfide) groups is 1. The van der Waals surface area contributed by atoms with Gasteiger partial charge in [-0.3, -0.25) is 0 Å². The van der Waals surface area contributed by atoms with Crippen LogP contribution in [0.2, 0.25) is 0 Å². The summed E-state index contributed by atoms with van der Waals surface area (Å²) in [6.07, 6.45) is -62.7. The number of nitrogens with zero attached hydrogens (tertiary/aromatic N) is 2. The monoisotopic (exact) mass is 1060 g/mol. The zero-order valence-electron chi connectivity index (χ0n) is 26.9. The third kappa shape index (κ3) is 20.6. The molecule has 0 saturated carbocycles. The number of hydrogen-bond donors (Lipinski definition) is 0. The summed E-state index contributed by atoms with van der Waals surface area (Å²) in [7, 11) is 0. The van der Waals surface area contributed by atoms with Gasteiger partial charge in [-0.15, -0.1) is 0 Å². The number of nitriles is 2. The van der Waals surface area contributed by atoms with Gasteiger partial charge in [-0.05, 0) is 37.4 Å². The van der Waals surface area contributed by atoms with E-state index in [-0.39, 0.29) is 67.6 Å². The van der Waals surface area contributed by atoms with Gasteiger partial charge in [0, 0.05) is 23.0 Å². The number of rotatable bonds is 13. The smallest absolute Gasteiger partial charge is 0.696 e. The Morgan fingerprint density at radius 1 is 0.464 bits per heavy atom. The first-order valence-electron chi connectivity index (χ1n) is 13.5. The van der Waals surface area contributed by atoms with E-state index < -0.39 is 129 Å². The second-order valence-electron chi connectivity index (χ2n) is 10.7. The standard InChI is InChI=1S/C12H10F13NS.C11H10F13I.CHNS.K/c13-8(11(20,21)22,12(23,24)25)4-7(10(17,18)19)3-6(9(14,15)16)1-2-27-5-26;12-7(10(19,20)21,11(22,23)24)4-6(9(16,17)18)3-5(1-2-25)8(13,14)15;2-1-3;/h6-7H,1-4H2;5-6H,1-4H2;3H;/q;;;+1/p-1. The molecular weight excluding hydrogens is 1040 g/mol. The van der Waals surface area contributed by atoms with Crippen molar-refractivity contribution < 1.29 is 166 Å². The topological polar surface area (TPSA) is 47.6 Å². The van der Waals surface area contributed by atoms with Crippen LogP contribution in [0, 0.1) is 45.0 Å². The molecule has 0 rings (SSSR count). The number of hydrogen-bond acceptors (Lipinski definition) is 4. The second-order valence-corrected chi connectivity index (χ2v) is 12.9. The molecule has 0 aromatic rings. The van der Waals surface area contributed by atoms with E-state index in [9.17, 15) is 114 Å². The Morgan fingerprint density at radius 2 is 0.696 bits per heavy atom. The molecule has 0 N–H and O–H groups in total. The van der Waals surface area contributed by atoms with Crippen molar-refractivity contribution >= 4 is 47.0 Å². The van der Waals surface area contributed by atoms with Crippen LogP contribution in [-0.4, -0.2) is 70.9 Å². The average molecular weight is 1060 g/mol. The van der Waals surface area contributed by atoms with Crippen molar-refractivity contribution in [2.24, 2.45) is 23.7 Å². The van der Waals surface area contributed by atoms with Crippen LogP contribution >= 0.6 is 34.4 Å². The van der Waals surface area contributed by atoms with Crippen LogP contribution in [0.4, 0.5) is 114 Å². The largest absolute Gasteiger partial charge is 1.00 e. The Kier molecular flexibility index (Phi) is 26.2. The van der Waals surface area contributed by atoms with E-state index in [1.54, 1.807) is 0 Å². The molecule has 0 radical (unpaired) electrons. The van der Waals surface area contributed by atoms with Crippen molar-refractivity contribution in [3.63, 3.8) is 0 Å². The first-order chi connectivity index (χ1) is 24.0. The maximum absolute atomic E-state index is 13.6. The van der Waals surface area contributed by atoms with Gasteiger partial charge >= 0.3 is 101 Å². The first kappa shape index (κ1) is 62.7. The third-order valence-corrected chi connectivity index (χ3v) is 8.12. The second kappa shape index (κ2) is 23.4. The molecular formula is C24H20F26IKN2S2. The van der Waals surface area contributed by atoms with Crippen LogP contribution in [0.25, 0.3) is 0 Å². The minimum absolute atomic E-state index is 0. The SMILES string of the molecule is FC(F)(F)C(CCI)CC(CC(F)(C(F)(F)F)C(F)(F)F)C(F)(F)F.N#CSCCC(CC(CC(F)(C(F)(F)F)C(F)(F)F)C(F)(F)F)C(F)(F)F.N#C[S-].[K+]. The molecule has 32 heteroatoms. The quantitative estimate of drug-likeness (QED) is 0.0351. The van der Waals surface area contributed by atoms with E-state index in [1.807, 2.05) is 0 Å². The number of thiocyanates is 2. The van der Waals surface area contributed by atoms with Crippen LogP contribution < -0.4 is 51.4 Å². The van der Waals surface area contributed by atoms with Gasteiger partial charge < -0.3 is 12.6 Å². The van der Waals surface area contributed by atoms with Crippen molar-refractivity contribution in [3.05, 3.63) is 0 Å². The summed E-state index contributed by atoms with van der Waals surface area (Å²) in [6.45, 7) is 0. The molecule has 0 fully saturated rings. The summed E-state index contributed by atoms with van der Waals surface area (Å²) >= 11 is 5.25. The summed E-state index contributed by atoms with van der Waals surface area (Å²) in [5, 5.41) is 18.0. The molecule has 0 aliphatic rings. The van der Waals surface area contributed by atoms with Gasteiger partial charge in [0.25, 0.3) is 11.3 Å². The molecule has 0 amide bonds. The molecule has 0 aliphatic carbocycles. The maximum atomic E-state index is 13.6. The van der Waals surface area contributed by atoms with Crippen molar-refractivity contribution in [1.29, 1.82) is 10.5 Å². The van der Waals surface area contributed by atoms with Crippen LogP contribution in [0.1, 0.15) is 38.5 Å². The minimum atomic E-state index is -6.82. The van der Waals surface area contributed by atoms with Crippen LogP contribution in [0.3, 0.4) is 0 Å². The molecule has 0 aromatic carbocycles. The summed E-state index contributed by atoms with van der Waals surface area (Å²) in [5.74, 6) is -14.1. The first-order valence-corrected chi connectivity index (χ1v) is 16.4. The molecule has 56 heavy (non-hydrogen) atoms. The molecule has 0 bridgehead atoms. The van der Waals surface area contributed by atoms with E-state index >= 15 is 0 Å². The maximum Gasteiger partial charge on any atom is 1.00 e. The van der Waals surface area contributed by atoms with Gasteiger partial charge in [0.1, 0.15) is 5.40 Å². The van der Waals surface area contributed by atoms with Crippen LogP contribution in [0.15, 0.2) is 0 Å². The fraction of sp³-hybridized carbons (Fsp3) is 0.917. The van der Waals surface area contributed by atoms with Crippen molar-refractivity contribution in [1.82, 2.24) is 0 Å². The molecule has 0 spiro atoms. The van der Waals surface area contributed by atoms with Gasteiger partial charge in [-0.25, -0.2) is 14.0 Å². The third-order valence-electron chi connectivity index (χ3n) is 6.93. The van der Waals surface area contributed by atoms with E-state index in [2.05, 4.69) is 12.6 Å². The molecule has 0 aliphatic heterocycles. The molecule has 4 unspecified atom stereocenters. The van der Waals surface area contributed by atoms with Gasteiger partial charge in [-0.2, -0.15) is 111 Å². The Bertz CT molecular complexity index is 1180. The summed E-state index contributed by atoms with van der Waals surface area (Å²) in [4.78, 5) is 0. The van der Waals surface area contributed by atoms with Crippen molar-refractivity contribution in [2.45, 2.75) is 99.3 Å². The Labute approximate surface area is 364 Å². The fourth-order valence-electron chi connectivity index (χ4n) is 4.02. The van der Waals surface area contributed by atoms with Crippen LogP contribution in [-0.2, 0) is 12.6 Å². The molecule has 4 atom stereocenters. The van der Waals surface area contributed by atoms with E-state index in [0.29, 0.717) is 0 Å². The minimum Gasteiger partial charge on any atom is -0.696 e. The van der Waals surface area contributed by atoms with Gasteiger partial charge in [0.05, 0.1) is 23.7 Å². The van der Waals surface area contributed by atoms with E-state index in [4.69, 9.17) is 10.5 Å². The van der Waals surface area contributed by atoms with Gasteiger partial charge in [-0.1, -0.05) is 28.0 Å². The average Bonchev–Trinajstić information content (AvgIpc) is 2.91. The molecule has 0 heterocycles. The van der Waals surface area contributed by atoms with Crippen LogP contribution in [0.5, 0.6) is 0 Å². The van der Waals surface area contributed by atoms with E-state index in [0.717, 1.165) is 0 Å². The molecule has 328 valence electrons. The Hall–Kier alpha value is 0.0964. The molecule has 2 nitrogen and oxygen atoms in total. The normalized spacial score (nSPS) is 16.0.